The number of rotatable bonds is 6. The zero-order valence-electron chi connectivity index (χ0n) is 10.1. The Balaban J connectivity index is 4.64. The Morgan fingerprint density at radius 1 is 1.33 bits per heavy atom. The molecule has 0 saturated heterocycles. The van der Waals surface area contributed by atoms with Crippen LogP contribution in [0.3, 0.4) is 0 Å². The summed E-state index contributed by atoms with van der Waals surface area (Å²) >= 11 is 0. The molecule has 0 rings (SSSR count). The van der Waals surface area contributed by atoms with E-state index in [0.717, 1.165) is 6.26 Å². The number of nitrogens with one attached hydrogen (secondary N) is 1. The fourth-order valence-electron chi connectivity index (χ4n) is 0.900. The Bertz CT molecular complexity index is 293. The number of hydrogen-bond donors (Lipinski definition) is 2. The van der Waals surface area contributed by atoms with Gasteiger partial charge in [0.25, 0.3) is 0 Å². The van der Waals surface area contributed by atoms with Crippen molar-refractivity contribution in [1.29, 1.82) is 0 Å². The molecule has 1 unspecified atom stereocenters. The molecule has 0 spiro atoms. The van der Waals surface area contributed by atoms with E-state index in [-0.39, 0.29) is 13.2 Å². The van der Waals surface area contributed by atoms with E-state index in [1.54, 1.807) is 6.92 Å². The second kappa shape index (κ2) is 7.10. The predicted molar refractivity (Wildman–Crippen MR) is 56.8 cm³/mol. The Morgan fingerprint density at radius 2 is 1.94 bits per heavy atom. The third-order valence-corrected chi connectivity index (χ3v) is 1.88. The zero-order valence-corrected chi connectivity index (χ0v) is 10.1. The molecule has 0 aromatic heterocycles. The summed E-state index contributed by atoms with van der Waals surface area (Å²) in [4.78, 5) is 10.9. The highest BCUT2D eigenvalue weighted by molar-refractivity contribution is 5.67. The van der Waals surface area contributed by atoms with Gasteiger partial charge in [-0.1, -0.05) is 0 Å². The van der Waals surface area contributed by atoms with Crippen LogP contribution in [0.25, 0.3) is 0 Å². The first-order valence-corrected chi connectivity index (χ1v) is 5.26. The average Bonchev–Trinajstić information content (AvgIpc) is 2.26. The maximum absolute atomic E-state index is 12.6. The number of halogens is 3. The van der Waals surface area contributed by atoms with Gasteiger partial charge in [0.15, 0.2) is 5.60 Å². The molecule has 0 radical (unpaired) electrons. The van der Waals surface area contributed by atoms with Gasteiger partial charge in [0.2, 0.25) is 0 Å². The molecule has 5 nitrogen and oxygen atoms in total. The molecule has 0 aromatic rings. The fourth-order valence-corrected chi connectivity index (χ4v) is 0.900. The lowest BCUT2D eigenvalue weighted by Gasteiger charge is -2.27. The molecular formula is C10H16F3NO4. The molecule has 0 bridgehead atoms. The summed E-state index contributed by atoms with van der Waals surface area (Å²) in [6.07, 6.45) is -4.81. The van der Waals surface area contributed by atoms with Gasteiger partial charge < -0.3 is 19.9 Å². The maximum atomic E-state index is 12.6. The molecule has 0 saturated carbocycles. The molecule has 18 heavy (non-hydrogen) atoms. The molecule has 0 aliphatic heterocycles. The van der Waals surface area contributed by atoms with Crippen LogP contribution < -0.4 is 5.32 Å². The minimum absolute atomic E-state index is 0.0189. The van der Waals surface area contributed by atoms with Gasteiger partial charge >= 0.3 is 12.3 Å². The first-order chi connectivity index (χ1) is 8.27. The minimum Gasteiger partial charge on any atom is -0.502 e. The van der Waals surface area contributed by atoms with E-state index in [1.807, 2.05) is 5.32 Å². The van der Waals surface area contributed by atoms with Crippen LogP contribution in [0.2, 0.25) is 0 Å². The molecule has 106 valence electrons. The third kappa shape index (κ3) is 5.26. The van der Waals surface area contributed by atoms with Gasteiger partial charge in [0.05, 0.1) is 26.0 Å². The topological polar surface area (TPSA) is 67.8 Å². The fraction of sp³-hybridized carbons (Fsp3) is 0.700. The van der Waals surface area contributed by atoms with Gasteiger partial charge in [-0.3, -0.25) is 0 Å². The Hall–Kier alpha value is -1.44. The standard InChI is InChI=1S/C10H16F3NO4/c1-3-17-6-5-9(16,10(11,12)13)7-14-8(15)18-4-2/h5-6,16H,3-4,7H2,1-2H3,(H,14,15)/b6-5+. The van der Waals surface area contributed by atoms with Crippen molar-refractivity contribution >= 4 is 6.09 Å². The lowest BCUT2D eigenvalue weighted by atomic mass is 10.0. The predicted octanol–water partition coefficient (Wildman–Crippen LogP) is 1.58. The summed E-state index contributed by atoms with van der Waals surface area (Å²) in [5.41, 5.74) is -3.20. The number of aliphatic hydroxyl groups is 1. The number of alkyl carbamates (subject to hydrolysis) is 1. The highest BCUT2D eigenvalue weighted by Crippen LogP contribution is 2.31. The molecule has 0 aromatic carbocycles. The Labute approximate surface area is 103 Å². The minimum atomic E-state index is -4.94. The van der Waals surface area contributed by atoms with Crippen molar-refractivity contribution in [1.82, 2.24) is 5.32 Å². The molecule has 2 N–H and O–H groups in total. The molecular weight excluding hydrogens is 255 g/mol. The van der Waals surface area contributed by atoms with Crippen LogP contribution in [0, 0.1) is 0 Å². The normalized spacial score (nSPS) is 15.2. The summed E-state index contributed by atoms with van der Waals surface area (Å²) in [5, 5.41) is 11.2. The van der Waals surface area contributed by atoms with E-state index in [0.29, 0.717) is 6.08 Å². The smallest absolute Gasteiger partial charge is 0.422 e. The molecule has 1 atom stereocenters. The van der Waals surface area contributed by atoms with Gasteiger partial charge in [0.1, 0.15) is 0 Å². The van der Waals surface area contributed by atoms with Crippen LogP contribution in [-0.4, -0.2) is 42.7 Å². The molecule has 0 heterocycles. The zero-order chi connectivity index (χ0) is 14.2. The van der Waals surface area contributed by atoms with Crippen molar-refractivity contribution < 1.29 is 32.5 Å². The van der Waals surface area contributed by atoms with Gasteiger partial charge in [-0.2, -0.15) is 13.2 Å². The van der Waals surface area contributed by atoms with Crippen molar-refractivity contribution in [3.05, 3.63) is 12.3 Å². The summed E-state index contributed by atoms with van der Waals surface area (Å²) in [7, 11) is 0. The Morgan fingerprint density at radius 3 is 2.39 bits per heavy atom. The van der Waals surface area contributed by atoms with Crippen LogP contribution >= 0.6 is 0 Å². The molecule has 0 fully saturated rings. The molecule has 0 aliphatic carbocycles. The van der Waals surface area contributed by atoms with E-state index in [2.05, 4.69) is 9.47 Å². The monoisotopic (exact) mass is 271 g/mol. The van der Waals surface area contributed by atoms with E-state index < -0.39 is 24.4 Å². The first kappa shape index (κ1) is 16.6. The van der Waals surface area contributed by atoms with Crippen molar-refractivity contribution in [2.45, 2.75) is 25.6 Å². The lowest BCUT2D eigenvalue weighted by Crippen LogP contribution is -2.52. The van der Waals surface area contributed by atoms with Gasteiger partial charge in [-0.15, -0.1) is 0 Å². The van der Waals surface area contributed by atoms with E-state index >= 15 is 0 Å². The lowest BCUT2D eigenvalue weighted by molar-refractivity contribution is -0.237. The second-order valence-electron chi connectivity index (χ2n) is 3.25. The average molecular weight is 271 g/mol. The number of carbonyl (C=O) groups is 1. The van der Waals surface area contributed by atoms with E-state index in [9.17, 15) is 23.1 Å². The first-order valence-electron chi connectivity index (χ1n) is 5.26. The SMILES string of the molecule is CCO/C=C/C(O)(CNC(=O)OCC)C(F)(F)F. The summed E-state index contributed by atoms with van der Waals surface area (Å²) in [5.74, 6) is 0. The molecule has 8 heteroatoms. The van der Waals surface area contributed by atoms with Crippen LogP contribution in [0.15, 0.2) is 12.3 Å². The second-order valence-corrected chi connectivity index (χ2v) is 3.25. The van der Waals surface area contributed by atoms with Gasteiger partial charge in [0, 0.05) is 0 Å². The number of ether oxygens (including phenoxy) is 2. The molecule has 0 aliphatic rings. The summed E-state index contributed by atoms with van der Waals surface area (Å²) in [6, 6.07) is 0. The summed E-state index contributed by atoms with van der Waals surface area (Å²) in [6.45, 7) is 2.21. The van der Waals surface area contributed by atoms with Crippen molar-refractivity contribution in [3.63, 3.8) is 0 Å². The van der Waals surface area contributed by atoms with Crippen molar-refractivity contribution in [3.8, 4) is 0 Å². The van der Waals surface area contributed by atoms with Crippen molar-refractivity contribution in [2.75, 3.05) is 19.8 Å². The largest absolute Gasteiger partial charge is 0.502 e. The molecule has 1 amide bonds. The highest BCUT2D eigenvalue weighted by atomic mass is 19.4. The maximum Gasteiger partial charge on any atom is 0.422 e. The van der Waals surface area contributed by atoms with E-state index in [1.165, 1.54) is 6.92 Å². The number of amides is 1. The van der Waals surface area contributed by atoms with Crippen molar-refractivity contribution in [2.24, 2.45) is 0 Å². The van der Waals surface area contributed by atoms with E-state index in [4.69, 9.17) is 0 Å². The number of hydrogen-bond acceptors (Lipinski definition) is 4. The highest BCUT2D eigenvalue weighted by Gasteiger charge is 2.52. The van der Waals surface area contributed by atoms with Crippen LogP contribution in [-0.2, 0) is 9.47 Å². The quantitative estimate of drug-likeness (QED) is 0.720. The third-order valence-electron chi connectivity index (χ3n) is 1.88. The Kier molecular flexibility index (Phi) is 6.53. The van der Waals surface area contributed by atoms with Crippen LogP contribution in [0.4, 0.5) is 18.0 Å². The number of carbonyl (C=O) groups excluding carboxylic acids is 1. The van der Waals surface area contributed by atoms with Crippen LogP contribution in [0.1, 0.15) is 13.8 Å². The van der Waals surface area contributed by atoms with Gasteiger partial charge in [-0.05, 0) is 19.9 Å². The van der Waals surface area contributed by atoms with Crippen LogP contribution in [0.5, 0.6) is 0 Å². The van der Waals surface area contributed by atoms with Gasteiger partial charge in [-0.25, -0.2) is 4.79 Å². The summed E-state index contributed by atoms with van der Waals surface area (Å²) < 4.78 is 46.8. The number of alkyl halides is 3.